The molecule has 26 heavy (non-hydrogen) atoms. The van der Waals surface area contributed by atoms with E-state index in [1.165, 1.54) is 16.9 Å². The van der Waals surface area contributed by atoms with Gasteiger partial charge in [0, 0.05) is 18.8 Å². The smallest absolute Gasteiger partial charge is 0.257 e. The van der Waals surface area contributed by atoms with Gasteiger partial charge in [-0.15, -0.1) is 11.3 Å². The van der Waals surface area contributed by atoms with E-state index >= 15 is 0 Å². The van der Waals surface area contributed by atoms with Crippen LogP contribution in [0.4, 0.5) is 0 Å². The Labute approximate surface area is 164 Å². The third-order valence-electron chi connectivity index (χ3n) is 4.39. The number of carbonyl (C=O) groups excluding carboxylic acids is 1. The Morgan fingerprint density at radius 3 is 2.73 bits per heavy atom. The van der Waals surface area contributed by atoms with Crippen molar-refractivity contribution in [2.45, 2.75) is 40.7 Å². The largest absolute Gasteiger partial charge is 0.360 e. The maximum atomic E-state index is 12.7. The summed E-state index contributed by atoms with van der Waals surface area (Å²) in [6.07, 6.45) is 0.744. The fraction of sp³-hybridized carbons (Fsp3) is 0.389. The van der Waals surface area contributed by atoms with E-state index in [2.05, 4.69) is 45.3 Å². The topological polar surface area (TPSA) is 73.0 Å². The van der Waals surface area contributed by atoms with Gasteiger partial charge in [0.2, 0.25) is 0 Å². The molecular weight excluding hydrogens is 416 g/mol. The lowest BCUT2D eigenvalue weighted by atomic mass is 10.1. The number of hydrogen-bond acceptors (Lipinski definition) is 5. The van der Waals surface area contributed by atoms with Crippen LogP contribution in [0.2, 0.25) is 0 Å². The van der Waals surface area contributed by atoms with Gasteiger partial charge in [0.1, 0.15) is 17.0 Å². The van der Waals surface area contributed by atoms with Crippen LogP contribution in [0.15, 0.2) is 20.4 Å². The summed E-state index contributed by atoms with van der Waals surface area (Å²) in [6, 6.07) is 3.86. The molecule has 3 aromatic rings. The Hall–Kier alpha value is -1.93. The zero-order valence-corrected chi connectivity index (χ0v) is 17.6. The quantitative estimate of drug-likeness (QED) is 0.625. The minimum Gasteiger partial charge on any atom is -0.360 e. The number of hydrogen-bond donors (Lipinski definition) is 1. The molecule has 3 rings (SSSR count). The predicted molar refractivity (Wildman–Crippen MR) is 106 cm³/mol. The second-order valence-electron chi connectivity index (χ2n) is 6.04. The van der Waals surface area contributed by atoms with Crippen LogP contribution in [-0.2, 0) is 13.0 Å². The average Bonchev–Trinajstić information content (AvgIpc) is 3.27. The van der Waals surface area contributed by atoms with E-state index in [9.17, 15) is 4.79 Å². The SMILES string of the molecule is CCn1nc(C)c(CCNC(=O)c2c(-c3ccc(Br)s3)noc2C)c1C. The summed E-state index contributed by atoms with van der Waals surface area (Å²) in [5.74, 6) is 0.356. The Balaban J connectivity index is 1.72. The van der Waals surface area contributed by atoms with Crippen LogP contribution in [0.1, 0.15) is 40.0 Å². The summed E-state index contributed by atoms with van der Waals surface area (Å²) in [5.41, 5.74) is 4.45. The molecule has 0 saturated carbocycles. The molecule has 1 N–H and O–H groups in total. The molecule has 3 aromatic heterocycles. The Morgan fingerprint density at radius 2 is 2.12 bits per heavy atom. The summed E-state index contributed by atoms with van der Waals surface area (Å²) in [5, 5.41) is 11.6. The first-order valence-electron chi connectivity index (χ1n) is 8.45. The highest BCUT2D eigenvalue weighted by molar-refractivity contribution is 9.11. The average molecular weight is 437 g/mol. The summed E-state index contributed by atoms with van der Waals surface area (Å²) in [4.78, 5) is 13.6. The molecule has 0 aliphatic rings. The number of rotatable bonds is 6. The zero-order chi connectivity index (χ0) is 18.8. The lowest BCUT2D eigenvalue weighted by Crippen LogP contribution is -2.26. The van der Waals surface area contributed by atoms with Gasteiger partial charge in [-0.1, -0.05) is 5.16 Å². The highest BCUT2D eigenvalue weighted by Gasteiger charge is 2.22. The fourth-order valence-electron chi connectivity index (χ4n) is 3.04. The van der Waals surface area contributed by atoms with Gasteiger partial charge in [-0.2, -0.15) is 5.10 Å². The maximum absolute atomic E-state index is 12.7. The number of nitrogens with one attached hydrogen (secondary N) is 1. The molecule has 3 heterocycles. The van der Waals surface area contributed by atoms with Crippen molar-refractivity contribution in [1.82, 2.24) is 20.3 Å². The molecule has 0 fully saturated rings. The standard InChI is InChI=1S/C18H21BrN4O2S/c1-5-23-11(3)13(10(2)21-23)8-9-20-18(24)16-12(4)25-22-17(16)14-6-7-15(19)26-14/h6-7H,5,8-9H2,1-4H3,(H,20,24). The van der Waals surface area contributed by atoms with Gasteiger partial charge in [0.25, 0.3) is 5.91 Å². The van der Waals surface area contributed by atoms with E-state index in [0.29, 0.717) is 23.6 Å². The first-order chi connectivity index (χ1) is 12.4. The molecule has 6 nitrogen and oxygen atoms in total. The van der Waals surface area contributed by atoms with Crippen molar-refractivity contribution in [2.24, 2.45) is 0 Å². The number of carbonyl (C=O) groups is 1. The molecule has 0 aliphatic carbocycles. The van der Waals surface area contributed by atoms with E-state index in [4.69, 9.17) is 4.52 Å². The van der Waals surface area contributed by atoms with Crippen LogP contribution in [0.5, 0.6) is 0 Å². The summed E-state index contributed by atoms with van der Waals surface area (Å²) in [7, 11) is 0. The number of amides is 1. The summed E-state index contributed by atoms with van der Waals surface area (Å²) < 4.78 is 8.24. The van der Waals surface area contributed by atoms with E-state index in [-0.39, 0.29) is 5.91 Å². The second-order valence-corrected chi connectivity index (χ2v) is 8.50. The predicted octanol–water partition coefficient (Wildman–Crippen LogP) is 4.28. The normalized spacial score (nSPS) is 11.1. The highest BCUT2D eigenvalue weighted by atomic mass is 79.9. The lowest BCUT2D eigenvalue weighted by Gasteiger charge is -2.06. The molecule has 0 spiro atoms. The van der Waals surface area contributed by atoms with Gasteiger partial charge in [0.15, 0.2) is 0 Å². The minimum atomic E-state index is -0.165. The third-order valence-corrected chi connectivity index (χ3v) is 6.02. The molecule has 0 radical (unpaired) electrons. The van der Waals surface area contributed by atoms with Crippen LogP contribution in [0.3, 0.4) is 0 Å². The number of thiophene rings is 1. The molecule has 0 aliphatic heterocycles. The van der Waals surface area contributed by atoms with Crippen LogP contribution >= 0.6 is 27.3 Å². The first-order valence-corrected chi connectivity index (χ1v) is 10.1. The van der Waals surface area contributed by atoms with E-state index in [0.717, 1.165) is 33.0 Å². The zero-order valence-electron chi connectivity index (χ0n) is 15.2. The molecular formula is C18H21BrN4O2S. The molecule has 0 atom stereocenters. The van der Waals surface area contributed by atoms with Gasteiger partial charge in [-0.05, 0) is 67.7 Å². The van der Waals surface area contributed by atoms with Crippen molar-refractivity contribution in [2.75, 3.05) is 6.54 Å². The van der Waals surface area contributed by atoms with Gasteiger partial charge in [-0.3, -0.25) is 9.48 Å². The lowest BCUT2D eigenvalue weighted by molar-refractivity contribution is 0.0953. The van der Waals surface area contributed by atoms with Crippen molar-refractivity contribution in [3.05, 3.63) is 44.2 Å². The Morgan fingerprint density at radius 1 is 1.35 bits per heavy atom. The summed E-state index contributed by atoms with van der Waals surface area (Å²) >= 11 is 4.96. The summed E-state index contributed by atoms with van der Waals surface area (Å²) in [6.45, 7) is 9.29. The van der Waals surface area contributed by atoms with Crippen molar-refractivity contribution >= 4 is 33.2 Å². The third kappa shape index (κ3) is 3.61. The van der Waals surface area contributed by atoms with Crippen molar-refractivity contribution in [3.63, 3.8) is 0 Å². The van der Waals surface area contributed by atoms with Crippen LogP contribution < -0.4 is 5.32 Å². The molecule has 0 bridgehead atoms. The monoisotopic (exact) mass is 436 g/mol. The van der Waals surface area contributed by atoms with Gasteiger partial charge >= 0.3 is 0 Å². The van der Waals surface area contributed by atoms with E-state index < -0.39 is 0 Å². The van der Waals surface area contributed by atoms with Gasteiger partial charge in [0.05, 0.1) is 14.4 Å². The molecule has 8 heteroatoms. The van der Waals surface area contributed by atoms with Gasteiger partial charge in [-0.25, -0.2) is 0 Å². The molecule has 0 unspecified atom stereocenters. The van der Waals surface area contributed by atoms with Crippen molar-refractivity contribution in [3.8, 4) is 10.6 Å². The van der Waals surface area contributed by atoms with Crippen molar-refractivity contribution < 1.29 is 9.32 Å². The van der Waals surface area contributed by atoms with Gasteiger partial charge < -0.3 is 9.84 Å². The molecule has 0 aromatic carbocycles. The molecule has 0 saturated heterocycles. The Bertz CT molecular complexity index is 941. The number of nitrogens with zero attached hydrogens (tertiary/aromatic N) is 3. The van der Waals surface area contributed by atoms with Crippen LogP contribution in [0.25, 0.3) is 10.6 Å². The van der Waals surface area contributed by atoms with Crippen molar-refractivity contribution in [1.29, 1.82) is 0 Å². The van der Waals surface area contributed by atoms with Crippen LogP contribution in [0, 0.1) is 20.8 Å². The maximum Gasteiger partial charge on any atom is 0.257 e. The number of aromatic nitrogens is 3. The minimum absolute atomic E-state index is 0.165. The molecule has 138 valence electrons. The van der Waals surface area contributed by atoms with E-state index in [1.807, 2.05) is 23.7 Å². The molecule has 1 amide bonds. The Kier molecular flexibility index (Phi) is 5.62. The first kappa shape index (κ1) is 18.8. The highest BCUT2D eigenvalue weighted by Crippen LogP contribution is 2.33. The number of aryl methyl sites for hydroxylation is 3. The second kappa shape index (κ2) is 7.75. The number of halogens is 1. The van der Waals surface area contributed by atoms with E-state index in [1.54, 1.807) is 6.92 Å². The fourth-order valence-corrected chi connectivity index (χ4v) is 4.42. The van der Waals surface area contributed by atoms with Crippen LogP contribution in [-0.4, -0.2) is 27.4 Å².